The largest absolute Gasteiger partial charge is 0.383 e. The maximum Gasteiger partial charge on any atom is 0.260 e. The zero-order valence-electron chi connectivity index (χ0n) is 9.30. The fourth-order valence-corrected chi connectivity index (χ4v) is 2.84. The van der Waals surface area contributed by atoms with Crippen molar-refractivity contribution in [1.29, 1.82) is 0 Å². The Hall–Kier alpha value is -1.02. The van der Waals surface area contributed by atoms with Crippen LogP contribution in [0.15, 0.2) is 6.20 Å². The van der Waals surface area contributed by atoms with Crippen LogP contribution in [0, 0.1) is 0 Å². The van der Waals surface area contributed by atoms with E-state index < -0.39 is 11.5 Å². The van der Waals surface area contributed by atoms with E-state index in [2.05, 4.69) is 4.98 Å². The molecule has 0 aliphatic carbocycles. The van der Waals surface area contributed by atoms with Crippen LogP contribution in [0.5, 0.6) is 0 Å². The van der Waals surface area contributed by atoms with Crippen LogP contribution in [-0.2, 0) is 5.60 Å². The molecular weight excluding hydrogens is 242 g/mol. The number of thiazole rings is 1. The summed E-state index contributed by atoms with van der Waals surface area (Å²) in [6, 6.07) is 0. The number of hydrogen-bond donors (Lipinski definition) is 3. The van der Waals surface area contributed by atoms with Crippen molar-refractivity contribution in [2.24, 2.45) is 5.73 Å². The third-order valence-electron chi connectivity index (χ3n) is 2.94. The lowest BCUT2D eigenvalue weighted by atomic mass is 9.96. The van der Waals surface area contributed by atoms with Gasteiger partial charge in [0.05, 0.1) is 6.20 Å². The van der Waals surface area contributed by atoms with Crippen molar-refractivity contribution in [3.05, 3.63) is 16.1 Å². The van der Waals surface area contributed by atoms with Crippen molar-refractivity contribution in [2.75, 3.05) is 13.1 Å². The lowest BCUT2D eigenvalue weighted by Gasteiger charge is -2.23. The van der Waals surface area contributed by atoms with Gasteiger partial charge in [0, 0.05) is 13.1 Å². The molecule has 17 heavy (non-hydrogen) atoms. The molecule has 1 unspecified atom stereocenters. The average Bonchev–Trinajstić information content (AvgIpc) is 2.70. The summed E-state index contributed by atoms with van der Waals surface area (Å²) in [5.41, 5.74) is 4.09. The number of carbonyl (C=O) groups excluding carboxylic acids is 1. The minimum atomic E-state index is -1.06. The predicted octanol–water partition coefficient (Wildman–Crippen LogP) is 0.305. The summed E-state index contributed by atoms with van der Waals surface area (Å²) in [5.74, 6) is -0.533. The smallest absolute Gasteiger partial charge is 0.260 e. The number of aliphatic hydroxyl groups is 1. The molecule has 0 saturated carbocycles. The summed E-state index contributed by atoms with van der Waals surface area (Å²) >= 11 is 1.12. The summed E-state index contributed by atoms with van der Waals surface area (Å²) in [7, 11) is 0. The van der Waals surface area contributed by atoms with E-state index >= 15 is 0 Å². The topological polar surface area (TPSA) is 99.7 Å². The average molecular weight is 257 g/mol. The molecule has 1 aliphatic heterocycles. The predicted molar refractivity (Wildman–Crippen MR) is 61.7 cm³/mol. The molecule has 1 fully saturated rings. The second-order valence-electron chi connectivity index (χ2n) is 4.23. The highest BCUT2D eigenvalue weighted by Gasteiger charge is 2.34. The molecule has 2 rings (SSSR count). The van der Waals surface area contributed by atoms with Crippen LogP contribution in [0.3, 0.4) is 0 Å². The van der Waals surface area contributed by atoms with Gasteiger partial charge >= 0.3 is 0 Å². The van der Waals surface area contributed by atoms with Gasteiger partial charge in [-0.3, -0.25) is 4.79 Å². The minimum Gasteiger partial charge on any atom is -0.383 e. The molecule has 0 aromatic carbocycles. The number of primary amides is 1. The van der Waals surface area contributed by atoms with E-state index in [-0.39, 0.29) is 0 Å². The van der Waals surface area contributed by atoms with Gasteiger partial charge < -0.3 is 16.0 Å². The number of nitrogens with two attached hydrogens (primary N) is 1. The van der Waals surface area contributed by atoms with Crippen LogP contribution in [0.2, 0.25) is 0 Å². The van der Waals surface area contributed by atoms with E-state index in [1.54, 1.807) is 0 Å². The lowest BCUT2D eigenvalue weighted by molar-refractivity contribution is -0.0933. The number of aromatic nitrogens is 1. The number of hydroxylamine groups is 2. The molecule has 0 bridgehead atoms. The summed E-state index contributed by atoms with van der Waals surface area (Å²) in [4.78, 5) is 15.4. The fraction of sp³-hybridized carbons (Fsp3) is 0.600. The molecule has 1 saturated heterocycles. The molecule has 94 valence electrons. The molecule has 1 aliphatic rings. The van der Waals surface area contributed by atoms with E-state index in [9.17, 15) is 15.1 Å². The maximum atomic E-state index is 11.0. The standard InChI is InChI=1S/C10H15N3O3S/c11-8(14)7-6-12-9(17-7)10(15)2-1-4-13(16)5-3-10/h6,15-16H,1-5H2,(H2,11,14). The van der Waals surface area contributed by atoms with E-state index in [0.717, 1.165) is 11.3 Å². The highest BCUT2D eigenvalue weighted by atomic mass is 32.1. The third-order valence-corrected chi connectivity index (χ3v) is 4.14. The zero-order valence-corrected chi connectivity index (χ0v) is 10.1. The quantitative estimate of drug-likeness (QED) is 0.708. The molecule has 6 nitrogen and oxygen atoms in total. The molecule has 1 atom stereocenters. The number of nitrogens with zero attached hydrogens (tertiary/aromatic N) is 2. The summed E-state index contributed by atoms with van der Waals surface area (Å²) in [6.45, 7) is 0.929. The van der Waals surface area contributed by atoms with Crippen LogP contribution < -0.4 is 5.73 Å². The van der Waals surface area contributed by atoms with Crippen molar-refractivity contribution >= 4 is 17.2 Å². The van der Waals surface area contributed by atoms with Crippen molar-refractivity contribution < 1.29 is 15.1 Å². The van der Waals surface area contributed by atoms with Crippen molar-refractivity contribution in [3.8, 4) is 0 Å². The minimum absolute atomic E-state index is 0.346. The second kappa shape index (κ2) is 4.69. The van der Waals surface area contributed by atoms with Crippen molar-refractivity contribution in [2.45, 2.75) is 24.9 Å². The Labute approximate surface area is 103 Å². The van der Waals surface area contributed by atoms with Crippen LogP contribution in [0.1, 0.15) is 33.9 Å². The Morgan fingerprint density at radius 2 is 2.29 bits per heavy atom. The van der Waals surface area contributed by atoms with Gasteiger partial charge in [-0.25, -0.2) is 4.98 Å². The van der Waals surface area contributed by atoms with E-state index in [1.165, 1.54) is 11.3 Å². The van der Waals surface area contributed by atoms with Crippen LogP contribution >= 0.6 is 11.3 Å². The highest BCUT2D eigenvalue weighted by Crippen LogP contribution is 2.34. The van der Waals surface area contributed by atoms with Crippen LogP contribution in [-0.4, -0.2) is 39.4 Å². The first-order valence-electron chi connectivity index (χ1n) is 5.43. The van der Waals surface area contributed by atoms with E-state index in [1.807, 2.05) is 0 Å². The molecule has 4 N–H and O–H groups in total. The first kappa shape index (κ1) is 12.4. The molecule has 1 aromatic rings. The maximum absolute atomic E-state index is 11.0. The monoisotopic (exact) mass is 257 g/mol. The van der Waals surface area contributed by atoms with Crippen LogP contribution in [0.25, 0.3) is 0 Å². The van der Waals surface area contributed by atoms with E-state index in [0.29, 0.717) is 42.2 Å². The van der Waals surface area contributed by atoms with Gasteiger partial charge in [-0.1, -0.05) is 0 Å². The highest BCUT2D eigenvalue weighted by molar-refractivity contribution is 7.13. The Balaban J connectivity index is 2.21. The SMILES string of the molecule is NC(=O)c1cnc(C2(O)CCCN(O)CC2)s1. The number of hydrogen-bond acceptors (Lipinski definition) is 6. The van der Waals surface area contributed by atoms with Gasteiger partial charge in [0.25, 0.3) is 5.91 Å². The molecule has 2 heterocycles. The first-order chi connectivity index (χ1) is 8.01. The Morgan fingerprint density at radius 3 is 2.94 bits per heavy atom. The molecule has 7 heteroatoms. The Bertz CT molecular complexity index is 423. The summed E-state index contributed by atoms with van der Waals surface area (Å²) < 4.78 is 0. The third kappa shape index (κ3) is 2.63. The van der Waals surface area contributed by atoms with Gasteiger partial charge in [0.1, 0.15) is 15.5 Å². The van der Waals surface area contributed by atoms with Gasteiger partial charge in [0.2, 0.25) is 0 Å². The van der Waals surface area contributed by atoms with Gasteiger partial charge in [-0.2, -0.15) is 5.06 Å². The summed E-state index contributed by atoms with van der Waals surface area (Å²) in [6.07, 6.45) is 2.99. The number of amides is 1. The summed E-state index contributed by atoms with van der Waals surface area (Å²) in [5, 5.41) is 21.6. The molecule has 1 amide bonds. The molecular formula is C10H15N3O3S. The van der Waals surface area contributed by atoms with E-state index in [4.69, 9.17) is 5.73 Å². The second-order valence-corrected chi connectivity index (χ2v) is 5.26. The van der Waals surface area contributed by atoms with Crippen LogP contribution in [0.4, 0.5) is 0 Å². The van der Waals surface area contributed by atoms with Crippen molar-refractivity contribution in [1.82, 2.24) is 10.0 Å². The number of carbonyl (C=O) groups is 1. The number of rotatable bonds is 2. The molecule has 0 spiro atoms. The molecule has 0 radical (unpaired) electrons. The fourth-order valence-electron chi connectivity index (χ4n) is 1.92. The van der Waals surface area contributed by atoms with Crippen molar-refractivity contribution in [3.63, 3.8) is 0 Å². The normalized spacial score (nSPS) is 26.7. The van der Waals surface area contributed by atoms with Gasteiger partial charge in [-0.05, 0) is 19.3 Å². The van der Waals surface area contributed by atoms with Gasteiger partial charge in [0.15, 0.2) is 0 Å². The Kier molecular flexibility index (Phi) is 3.43. The van der Waals surface area contributed by atoms with Gasteiger partial charge in [-0.15, -0.1) is 11.3 Å². The Morgan fingerprint density at radius 1 is 1.53 bits per heavy atom. The first-order valence-corrected chi connectivity index (χ1v) is 6.25. The molecule has 1 aromatic heterocycles. The zero-order chi connectivity index (χ0) is 12.5. The lowest BCUT2D eigenvalue weighted by Crippen LogP contribution is -2.27.